The molecule has 0 N–H and O–H groups in total. The molecule has 21 aromatic rings. The number of benzene rings is 16. The Hall–Kier alpha value is -14.6. The van der Waals surface area contributed by atoms with E-state index >= 15 is 0 Å². The molecule has 6 nitrogen and oxygen atoms in total. The Morgan fingerprint density at radius 3 is 0.908 bits per heavy atom. The molecule has 0 fully saturated rings. The van der Waals surface area contributed by atoms with E-state index in [1.54, 1.807) is 0 Å². The average Bonchev–Trinajstić information content (AvgIpc) is 1.53. The van der Waals surface area contributed by atoms with Crippen molar-refractivity contribution in [2.24, 2.45) is 0 Å². The average molecular weight is 1380 g/mol. The van der Waals surface area contributed by atoms with Crippen molar-refractivity contribution in [2.45, 2.75) is 5.41 Å². The first kappa shape index (κ1) is 60.7. The topological polar surface area (TPSA) is 56.4 Å². The quantitative estimate of drug-likeness (QED) is 0.145. The molecular weight excluding hydrogens is 1320 g/mol. The Kier molecular flexibility index (Phi) is 13.1. The van der Waals surface area contributed by atoms with Crippen molar-refractivity contribution in [1.82, 2.24) is 23.3 Å². The molecule has 504 valence electrons. The van der Waals surface area contributed by atoms with E-state index in [1.165, 1.54) is 27.8 Å². The molecular formula is C103H62N6. The SMILES string of the molecule is N#Cc1c(-n2c3ccccc3c3cc(-c4ccccc4)ccc32)c(-n2c3ccccc3c3cc(-c4ccccc4)ccc32)c(-c2ccc3c(c2)-c2ncccc2C32c3ccccc3-c3ccccc32)c(-n2c3ccccc3c3cc(-c4ccccc4)ccc32)c1-n1c2ccccc2c2cc(-c3ccccc3)ccc21. The molecule has 0 saturated carbocycles. The van der Waals surface area contributed by atoms with Crippen molar-refractivity contribution in [3.63, 3.8) is 0 Å². The zero-order valence-electron chi connectivity index (χ0n) is 59.0. The maximum absolute atomic E-state index is 13.8. The third kappa shape index (κ3) is 8.58. The molecule has 0 bridgehead atoms. The molecule has 109 heavy (non-hydrogen) atoms. The third-order valence-corrected chi connectivity index (χ3v) is 23.7. The second kappa shape index (κ2) is 23.4. The molecule has 1 spiro atoms. The number of nitrogens with zero attached hydrogens (tertiary/aromatic N) is 6. The van der Waals surface area contributed by atoms with Crippen molar-refractivity contribution < 1.29 is 0 Å². The molecule has 16 aromatic carbocycles. The summed E-state index contributed by atoms with van der Waals surface area (Å²) in [6.45, 7) is 0. The number of fused-ring (bicyclic) bond motifs is 22. The lowest BCUT2D eigenvalue weighted by molar-refractivity contribution is 0.791. The van der Waals surface area contributed by atoms with Gasteiger partial charge in [0.25, 0.3) is 0 Å². The van der Waals surface area contributed by atoms with Crippen molar-refractivity contribution in [2.75, 3.05) is 0 Å². The smallest absolute Gasteiger partial charge is 0.104 e. The Bertz CT molecular complexity index is 7090. The van der Waals surface area contributed by atoms with E-state index in [2.05, 4.69) is 394 Å². The van der Waals surface area contributed by atoms with Crippen LogP contribution in [0.2, 0.25) is 0 Å². The second-order valence-electron chi connectivity index (χ2n) is 29.1. The van der Waals surface area contributed by atoms with Crippen LogP contribution in [0.4, 0.5) is 0 Å². The van der Waals surface area contributed by atoms with Crippen LogP contribution in [0.3, 0.4) is 0 Å². The molecule has 0 radical (unpaired) electrons. The van der Waals surface area contributed by atoms with Gasteiger partial charge in [0, 0.05) is 60.4 Å². The van der Waals surface area contributed by atoms with Gasteiger partial charge in [0.2, 0.25) is 0 Å². The van der Waals surface area contributed by atoms with Crippen LogP contribution >= 0.6 is 0 Å². The van der Waals surface area contributed by atoms with E-state index in [4.69, 9.17) is 4.98 Å². The van der Waals surface area contributed by atoms with E-state index in [1.807, 2.05) is 6.20 Å². The highest BCUT2D eigenvalue weighted by Gasteiger charge is 2.52. The Morgan fingerprint density at radius 1 is 0.229 bits per heavy atom. The summed E-state index contributed by atoms with van der Waals surface area (Å²) in [5, 5.41) is 22.4. The van der Waals surface area contributed by atoms with Crippen molar-refractivity contribution in [3.8, 4) is 107 Å². The highest BCUT2D eigenvalue weighted by atomic mass is 15.1. The van der Waals surface area contributed by atoms with Crippen LogP contribution in [0.5, 0.6) is 0 Å². The molecule has 0 aliphatic heterocycles. The summed E-state index contributed by atoms with van der Waals surface area (Å²) in [7, 11) is 0. The number of rotatable bonds is 9. The van der Waals surface area contributed by atoms with E-state index in [-0.39, 0.29) is 0 Å². The first-order valence-electron chi connectivity index (χ1n) is 37.4. The number of para-hydroxylation sites is 4. The lowest BCUT2D eigenvalue weighted by Crippen LogP contribution is -2.25. The highest BCUT2D eigenvalue weighted by Crippen LogP contribution is 2.64. The summed E-state index contributed by atoms with van der Waals surface area (Å²) in [6.07, 6.45) is 1.97. The maximum Gasteiger partial charge on any atom is 0.104 e. The summed E-state index contributed by atoms with van der Waals surface area (Å²) >= 11 is 0. The largest absolute Gasteiger partial charge is 0.306 e. The van der Waals surface area contributed by atoms with Gasteiger partial charge in [0.15, 0.2) is 0 Å². The standard InChI is InChI=1S/C103H62N6/c104-63-84-99(106-89-43-21-15-36-75(89)79-58-68(48-53-93(79)106)64-26-5-1-6-27-64)101(108-91-45-23-17-38-77(91)81-60-70(50-55-95(81)108)66-30-9-3-10-31-66)97(72-47-52-87-83(62-72)98-88(42-25-57-105-98)103(87)85-40-19-13-34-73(85)74-35-14-20-41-86(74)103)102(109-92-46-24-18-39-78(92)82-61-71(51-56-96(82)109)67-32-11-4-12-33-67)100(84)107-90-44-22-16-37-76(90)80-59-69(49-54-94(80)107)65-28-7-2-8-29-65/h1-62H. The third-order valence-electron chi connectivity index (χ3n) is 23.7. The van der Waals surface area contributed by atoms with Crippen molar-refractivity contribution in [3.05, 3.63) is 404 Å². The van der Waals surface area contributed by atoms with Crippen LogP contribution in [-0.2, 0) is 5.41 Å². The second-order valence-corrected chi connectivity index (χ2v) is 29.1. The zero-order chi connectivity index (χ0) is 71.6. The van der Waals surface area contributed by atoms with Gasteiger partial charge < -0.3 is 18.3 Å². The van der Waals surface area contributed by atoms with Crippen LogP contribution in [-0.4, -0.2) is 23.3 Å². The van der Waals surface area contributed by atoms with Gasteiger partial charge in [0.05, 0.1) is 78.0 Å². The van der Waals surface area contributed by atoms with E-state index < -0.39 is 5.41 Å². The monoisotopic (exact) mass is 1380 g/mol. The minimum Gasteiger partial charge on any atom is -0.306 e. The molecule has 6 heteroatoms. The molecule has 0 amide bonds. The van der Waals surface area contributed by atoms with Crippen molar-refractivity contribution in [1.29, 1.82) is 5.26 Å². The van der Waals surface area contributed by atoms with Gasteiger partial charge in [-0.25, -0.2) is 0 Å². The summed E-state index contributed by atoms with van der Waals surface area (Å²) in [6, 6.07) is 139. The molecule has 23 rings (SSSR count). The van der Waals surface area contributed by atoms with Crippen LogP contribution in [0.15, 0.2) is 376 Å². The molecule has 0 atom stereocenters. The van der Waals surface area contributed by atoms with Gasteiger partial charge in [-0.3, -0.25) is 4.98 Å². The minimum absolute atomic E-state index is 0.489. The normalized spacial score (nSPS) is 12.7. The molecule has 2 aliphatic carbocycles. The maximum atomic E-state index is 13.8. The van der Waals surface area contributed by atoms with Crippen LogP contribution in [0.25, 0.3) is 188 Å². The summed E-state index contributed by atoms with van der Waals surface area (Å²) in [4.78, 5) is 5.55. The first-order valence-corrected chi connectivity index (χ1v) is 37.4. The fourth-order valence-corrected chi connectivity index (χ4v) is 19.1. The number of nitriles is 1. The Labute approximate surface area is 628 Å². The molecule has 5 heterocycles. The molecule has 2 aliphatic rings. The van der Waals surface area contributed by atoms with E-state index in [0.29, 0.717) is 5.56 Å². The first-order chi connectivity index (χ1) is 54.1. The molecule has 0 saturated heterocycles. The number of hydrogen-bond acceptors (Lipinski definition) is 2. The van der Waals surface area contributed by atoms with Crippen molar-refractivity contribution >= 4 is 87.2 Å². The molecule has 5 aromatic heterocycles. The number of hydrogen-bond donors (Lipinski definition) is 0. The van der Waals surface area contributed by atoms with Gasteiger partial charge in [0.1, 0.15) is 11.6 Å². The van der Waals surface area contributed by atoms with Gasteiger partial charge in [-0.1, -0.05) is 285 Å². The van der Waals surface area contributed by atoms with E-state index in [9.17, 15) is 5.26 Å². The van der Waals surface area contributed by atoms with E-state index in [0.717, 1.165) is 182 Å². The van der Waals surface area contributed by atoms with Crippen LogP contribution < -0.4 is 0 Å². The lowest BCUT2D eigenvalue weighted by atomic mass is 9.70. The Morgan fingerprint density at radius 2 is 0.532 bits per heavy atom. The zero-order valence-corrected chi connectivity index (χ0v) is 59.0. The van der Waals surface area contributed by atoms with Crippen LogP contribution in [0.1, 0.15) is 27.8 Å². The predicted molar refractivity (Wildman–Crippen MR) is 450 cm³/mol. The van der Waals surface area contributed by atoms with Crippen LogP contribution in [0, 0.1) is 11.3 Å². The summed E-state index contributed by atoms with van der Waals surface area (Å²) in [5.74, 6) is 0. The summed E-state index contributed by atoms with van der Waals surface area (Å²) in [5.41, 5.74) is 30.8. The fraction of sp³-hybridized carbons (Fsp3) is 0.00971. The highest BCUT2D eigenvalue weighted by molar-refractivity contribution is 6.19. The minimum atomic E-state index is -0.687. The lowest BCUT2D eigenvalue weighted by Gasteiger charge is -2.31. The molecule has 0 unspecified atom stereocenters. The van der Waals surface area contributed by atoms with Gasteiger partial charge in [-0.05, 0) is 168 Å². The fourth-order valence-electron chi connectivity index (χ4n) is 19.1. The summed E-state index contributed by atoms with van der Waals surface area (Å²) < 4.78 is 9.96. The van der Waals surface area contributed by atoms with Gasteiger partial charge >= 0.3 is 0 Å². The number of pyridine rings is 1. The predicted octanol–water partition coefficient (Wildman–Crippen LogP) is 26.0. The number of aromatic nitrogens is 5. The van der Waals surface area contributed by atoms with Gasteiger partial charge in [-0.2, -0.15) is 5.26 Å². The Balaban J connectivity index is 0.981. The van der Waals surface area contributed by atoms with Gasteiger partial charge in [-0.15, -0.1) is 0 Å².